The molecule has 3 rings (SSSR count). The summed E-state index contributed by atoms with van der Waals surface area (Å²) in [6.45, 7) is 8.85. The summed E-state index contributed by atoms with van der Waals surface area (Å²) >= 11 is 0. The van der Waals surface area contributed by atoms with Crippen molar-refractivity contribution in [1.29, 1.82) is 0 Å². The van der Waals surface area contributed by atoms with E-state index in [1.165, 1.54) is 6.07 Å². The van der Waals surface area contributed by atoms with E-state index in [0.29, 0.717) is 17.3 Å². The van der Waals surface area contributed by atoms with Crippen molar-refractivity contribution in [2.24, 2.45) is 5.92 Å². The van der Waals surface area contributed by atoms with Gasteiger partial charge in [0.05, 0.1) is 10.5 Å². The van der Waals surface area contributed by atoms with Crippen LogP contribution in [0.1, 0.15) is 43.1 Å². The minimum atomic E-state index is -3.96. The van der Waals surface area contributed by atoms with Gasteiger partial charge in [-0.25, -0.2) is 18.1 Å². The molecule has 1 atom stereocenters. The summed E-state index contributed by atoms with van der Waals surface area (Å²) in [6, 6.07) is 9.83. The molecule has 0 spiro atoms. The number of sulfonamides is 1. The number of nitrogens with zero attached hydrogens (tertiary/aromatic N) is 2. The van der Waals surface area contributed by atoms with Crippen LogP contribution in [0.3, 0.4) is 0 Å². The molecule has 2 aromatic rings. The van der Waals surface area contributed by atoms with Crippen LogP contribution in [0.25, 0.3) is 0 Å². The number of carbonyl (C=O) groups excluding carboxylic acids is 1. The van der Waals surface area contributed by atoms with Crippen molar-refractivity contribution in [2.45, 2.75) is 44.6 Å². The van der Waals surface area contributed by atoms with E-state index in [9.17, 15) is 13.2 Å². The topological polar surface area (TPSA) is 79.4 Å². The maximum atomic E-state index is 12.9. The molecule has 0 unspecified atom stereocenters. The highest BCUT2D eigenvalue weighted by Gasteiger charge is 2.39. The lowest BCUT2D eigenvalue weighted by Gasteiger charge is -2.33. The molecule has 2 heterocycles. The largest absolute Gasteiger partial charge is 0.351 e. The quantitative estimate of drug-likeness (QED) is 0.872. The number of pyridine rings is 1. The molecule has 144 valence electrons. The lowest BCUT2D eigenvalue weighted by Crippen LogP contribution is -2.41. The van der Waals surface area contributed by atoms with Crippen molar-refractivity contribution < 1.29 is 13.2 Å². The Kier molecular flexibility index (Phi) is 4.99. The van der Waals surface area contributed by atoms with Crippen LogP contribution in [0.15, 0.2) is 47.5 Å². The normalized spacial score (nSPS) is 19.1. The SMILES string of the molecule is Cc1ccccc1S(=O)(=O)NC(=O)c1cccnc1N1C[C@@H](C)CC1(C)C. The van der Waals surface area contributed by atoms with E-state index in [2.05, 4.69) is 35.4 Å². The number of hydrogen-bond donors (Lipinski definition) is 1. The molecule has 6 nitrogen and oxygen atoms in total. The Balaban J connectivity index is 1.94. The summed E-state index contributed by atoms with van der Waals surface area (Å²) in [5, 5.41) is 0. The van der Waals surface area contributed by atoms with E-state index in [1.807, 2.05) is 0 Å². The molecule has 0 aliphatic carbocycles. The number of anilines is 1. The summed E-state index contributed by atoms with van der Waals surface area (Å²) in [6.07, 6.45) is 2.60. The molecule has 0 saturated carbocycles. The monoisotopic (exact) mass is 387 g/mol. The highest BCUT2D eigenvalue weighted by Crippen LogP contribution is 2.37. The van der Waals surface area contributed by atoms with Gasteiger partial charge in [0.15, 0.2) is 0 Å². The standard InChI is InChI=1S/C20H25N3O3S/c1-14-12-20(3,4)23(13-14)18-16(9-7-11-21-18)19(24)22-27(25,26)17-10-6-5-8-15(17)2/h5-11,14H,12-13H2,1-4H3,(H,22,24)/t14-/m0/s1. The predicted octanol–water partition coefficient (Wildman–Crippen LogP) is 3.13. The molecular weight excluding hydrogens is 362 g/mol. The first-order chi connectivity index (χ1) is 12.6. The fourth-order valence-corrected chi connectivity index (χ4v) is 5.05. The van der Waals surface area contributed by atoms with Crippen molar-refractivity contribution in [3.8, 4) is 0 Å². The number of amides is 1. The van der Waals surface area contributed by atoms with Crippen LogP contribution in [0.4, 0.5) is 5.82 Å². The fraction of sp³-hybridized carbons (Fsp3) is 0.400. The molecule has 27 heavy (non-hydrogen) atoms. The third-order valence-electron chi connectivity index (χ3n) is 4.97. The van der Waals surface area contributed by atoms with Crippen molar-refractivity contribution in [3.05, 3.63) is 53.7 Å². The Morgan fingerprint density at radius 1 is 1.22 bits per heavy atom. The first-order valence-corrected chi connectivity index (χ1v) is 10.5. The molecule has 0 bridgehead atoms. The Hall–Kier alpha value is -2.41. The second-order valence-electron chi connectivity index (χ2n) is 7.81. The number of aromatic nitrogens is 1. The van der Waals surface area contributed by atoms with Crippen molar-refractivity contribution >= 4 is 21.7 Å². The molecule has 1 fully saturated rings. The van der Waals surface area contributed by atoms with Crippen LogP contribution < -0.4 is 9.62 Å². The Labute approximate surface area is 160 Å². The summed E-state index contributed by atoms with van der Waals surface area (Å²) in [5.74, 6) is 0.314. The summed E-state index contributed by atoms with van der Waals surface area (Å²) in [7, 11) is -3.96. The zero-order chi connectivity index (χ0) is 19.8. The number of benzene rings is 1. The summed E-state index contributed by atoms with van der Waals surface area (Å²) in [4.78, 5) is 19.4. The summed E-state index contributed by atoms with van der Waals surface area (Å²) in [5.41, 5.74) is 0.688. The second kappa shape index (κ2) is 6.96. The van der Waals surface area contributed by atoms with Crippen LogP contribution in [0, 0.1) is 12.8 Å². The number of hydrogen-bond acceptors (Lipinski definition) is 5. The van der Waals surface area contributed by atoms with Crippen molar-refractivity contribution in [2.75, 3.05) is 11.4 Å². The maximum Gasteiger partial charge on any atom is 0.268 e. The van der Waals surface area contributed by atoms with Crippen LogP contribution in [0.2, 0.25) is 0 Å². The molecule has 1 saturated heterocycles. The molecular formula is C20H25N3O3S. The van der Waals surface area contributed by atoms with Crippen LogP contribution in [0.5, 0.6) is 0 Å². The molecule has 1 aliphatic heterocycles. The minimum absolute atomic E-state index is 0.0962. The van der Waals surface area contributed by atoms with Gasteiger partial charge < -0.3 is 4.90 Å². The zero-order valence-corrected chi connectivity index (χ0v) is 16.9. The average molecular weight is 388 g/mol. The predicted molar refractivity (Wildman–Crippen MR) is 105 cm³/mol. The van der Waals surface area contributed by atoms with Gasteiger partial charge in [0.25, 0.3) is 15.9 Å². The third-order valence-corrected chi connectivity index (χ3v) is 6.46. The third kappa shape index (κ3) is 3.83. The average Bonchev–Trinajstić information content (AvgIpc) is 2.87. The van der Waals surface area contributed by atoms with Gasteiger partial charge in [-0.3, -0.25) is 4.79 Å². The molecule has 1 aromatic heterocycles. The molecule has 1 amide bonds. The number of nitrogens with one attached hydrogen (secondary N) is 1. The molecule has 1 N–H and O–H groups in total. The first-order valence-electron chi connectivity index (χ1n) is 8.97. The van der Waals surface area contributed by atoms with E-state index in [4.69, 9.17) is 0 Å². The lowest BCUT2D eigenvalue weighted by atomic mass is 9.97. The van der Waals surface area contributed by atoms with Gasteiger partial charge >= 0.3 is 0 Å². The van der Waals surface area contributed by atoms with Crippen molar-refractivity contribution in [1.82, 2.24) is 9.71 Å². The highest BCUT2D eigenvalue weighted by atomic mass is 32.2. The Bertz CT molecular complexity index is 970. The number of carbonyl (C=O) groups is 1. The molecule has 0 radical (unpaired) electrons. The molecule has 1 aliphatic rings. The number of rotatable bonds is 4. The van der Waals surface area contributed by atoms with Gasteiger partial charge in [0.2, 0.25) is 0 Å². The van der Waals surface area contributed by atoms with E-state index in [1.54, 1.807) is 43.5 Å². The van der Waals surface area contributed by atoms with Crippen LogP contribution in [-0.2, 0) is 10.0 Å². The van der Waals surface area contributed by atoms with Gasteiger partial charge in [0, 0.05) is 18.3 Å². The number of aryl methyl sites for hydroxylation is 1. The van der Waals surface area contributed by atoms with E-state index >= 15 is 0 Å². The minimum Gasteiger partial charge on any atom is -0.351 e. The maximum absolute atomic E-state index is 12.9. The van der Waals surface area contributed by atoms with Gasteiger partial charge in [-0.2, -0.15) is 0 Å². The Morgan fingerprint density at radius 2 is 1.93 bits per heavy atom. The van der Waals surface area contributed by atoms with E-state index in [-0.39, 0.29) is 16.0 Å². The zero-order valence-electron chi connectivity index (χ0n) is 16.1. The van der Waals surface area contributed by atoms with Crippen LogP contribution in [-0.4, -0.2) is 31.4 Å². The van der Waals surface area contributed by atoms with Crippen LogP contribution >= 0.6 is 0 Å². The highest BCUT2D eigenvalue weighted by molar-refractivity contribution is 7.90. The van der Waals surface area contributed by atoms with Gasteiger partial charge in [-0.15, -0.1) is 0 Å². The fourth-order valence-electron chi connectivity index (χ4n) is 3.84. The van der Waals surface area contributed by atoms with Gasteiger partial charge in [-0.1, -0.05) is 25.1 Å². The summed E-state index contributed by atoms with van der Waals surface area (Å²) < 4.78 is 27.6. The first kappa shape index (κ1) is 19.4. The van der Waals surface area contributed by atoms with E-state index < -0.39 is 15.9 Å². The second-order valence-corrected chi connectivity index (χ2v) is 9.46. The van der Waals surface area contributed by atoms with Crippen molar-refractivity contribution in [3.63, 3.8) is 0 Å². The smallest absolute Gasteiger partial charge is 0.268 e. The van der Waals surface area contributed by atoms with Gasteiger partial charge in [-0.05, 0) is 56.9 Å². The molecule has 1 aromatic carbocycles. The lowest BCUT2D eigenvalue weighted by molar-refractivity contribution is 0.0981. The Morgan fingerprint density at radius 3 is 2.56 bits per heavy atom. The van der Waals surface area contributed by atoms with E-state index in [0.717, 1.165) is 13.0 Å². The van der Waals surface area contributed by atoms with Gasteiger partial charge in [0.1, 0.15) is 5.82 Å². The molecule has 7 heteroatoms.